The molecule has 1 aliphatic heterocycles. The van der Waals surface area contributed by atoms with Crippen LogP contribution < -0.4 is 10.5 Å². The maximum atomic E-state index is 12.5. The molecule has 1 unspecified atom stereocenters. The van der Waals surface area contributed by atoms with Crippen LogP contribution in [0.25, 0.3) is 0 Å². The van der Waals surface area contributed by atoms with Crippen molar-refractivity contribution in [1.82, 2.24) is 4.90 Å². The number of nitro groups is 1. The predicted octanol–water partition coefficient (Wildman–Crippen LogP) is 0.409. The minimum atomic E-state index is -3.91. The van der Waals surface area contributed by atoms with E-state index >= 15 is 0 Å². The summed E-state index contributed by atoms with van der Waals surface area (Å²) in [5.41, 5.74) is -1.00. The number of nitro benzene ring substituents is 1. The van der Waals surface area contributed by atoms with Crippen molar-refractivity contribution in [3.8, 4) is 0 Å². The lowest BCUT2D eigenvalue weighted by Gasteiger charge is -2.16. The summed E-state index contributed by atoms with van der Waals surface area (Å²) in [6, 6.07) is 8.42. The van der Waals surface area contributed by atoms with E-state index in [1.165, 1.54) is 43.3 Å². The molecular weight excluding hydrogens is 460 g/mol. The third kappa shape index (κ3) is 4.86. The van der Waals surface area contributed by atoms with E-state index in [0.29, 0.717) is 4.90 Å². The Morgan fingerprint density at radius 2 is 1.79 bits per heavy atom. The molecule has 3 amide bonds. The van der Waals surface area contributed by atoms with Crippen molar-refractivity contribution in [3.63, 3.8) is 0 Å². The number of nitrogens with one attached hydrogen (secondary N) is 1. The number of benzene rings is 2. The van der Waals surface area contributed by atoms with Gasteiger partial charge in [-0.1, -0.05) is 6.07 Å². The van der Waals surface area contributed by atoms with Gasteiger partial charge in [-0.15, -0.1) is 0 Å². The number of amides is 3. The van der Waals surface area contributed by atoms with Crippen LogP contribution in [0, 0.1) is 10.1 Å². The first kappa shape index (κ1) is 23.5. The Labute approximate surface area is 186 Å². The number of ether oxygens (including phenoxy) is 1. The fourth-order valence-corrected chi connectivity index (χ4v) is 3.52. The van der Waals surface area contributed by atoms with Crippen molar-refractivity contribution in [2.45, 2.75) is 17.9 Å². The van der Waals surface area contributed by atoms with Gasteiger partial charge in [0.25, 0.3) is 23.4 Å². The Balaban J connectivity index is 1.63. The van der Waals surface area contributed by atoms with Crippen LogP contribution in [-0.2, 0) is 24.3 Å². The molecule has 3 rings (SSSR count). The monoisotopic (exact) mass is 476 g/mol. The third-order valence-electron chi connectivity index (χ3n) is 4.59. The summed E-state index contributed by atoms with van der Waals surface area (Å²) in [6.45, 7) is 0.378. The Morgan fingerprint density at radius 3 is 2.36 bits per heavy atom. The molecule has 3 N–H and O–H groups in total. The average Bonchev–Trinajstić information content (AvgIpc) is 2.98. The van der Waals surface area contributed by atoms with E-state index in [0.717, 1.165) is 6.07 Å². The number of nitrogens with zero attached hydrogens (tertiary/aromatic N) is 2. The molecule has 0 saturated carbocycles. The number of hydrogen-bond donors (Lipinski definition) is 2. The van der Waals surface area contributed by atoms with E-state index in [1.807, 2.05) is 0 Å². The van der Waals surface area contributed by atoms with Gasteiger partial charge in [0, 0.05) is 11.8 Å². The van der Waals surface area contributed by atoms with Crippen molar-refractivity contribution in [1.29, 1.82) is 0 Å². The maximum absolute atomic E-state index is 12.5. The topological polar surface area (TPSA) is 196 Å². The molecule has 0 fully saturated rings. The van der Waals surface area contributed by atoms with Crippen LogP contribution >= 0.6 is 0 Å². The lowest BCUT2D eigenvalue weighted by molar-refractivity contribution is -0.385. The number of rotatable bonds is 7. The quantitative estimate of drug-likeness (QED) is 0.246. The summed E-state index contributed by atoms with van der Waals surface area (Å²) in [5.74, 6) is -3.79. The highest BCUT2D eigenvalue weighted by Crippen LogP contribution is 2.30. The van der Waals surface area contributed by atoms with Crippen molar-refractivity contribution < 1.29 is 37.3 Å². The van der Waals surface area contributed by atoms with Gasteiger partial charge in [0.2, 0.25) is 10.0 Å². The minimum Gasteiger partial charge on any atom is -0.451 e. The highest BCUT2D eigenvalue weighted by atomic mass is 32.2. The summed E-state index contributed by atoms with van der Waals surface area (Å²) in [7, 11) is -3.91. The number of anilines is 1. The van der Waals surface area contributed by atoms with Gasteiger partial charge in [0.05, 0.1) is 15.4 Å². The molecule has 0 saturated heterocycles. The molecule has 14 heteroatoms. The van der Waals surface area contributed by atoms with Crippen molar-refractivity contribution in [2.24, 2.45) is 5.14 Å². The number of carbonyl (C=O) groups excluding carboxylic acids is 4. The molecule has 0 aliphatic carbocycles. The zero-order chi connectivity index (χ0) is 24.5. The van der Waals surface area contributed by atoms with Gasteiger partial charge in [0.15, 0.2) is 6.10 Å². The molecule has 172 valence electrons. The second kappa shape index (κ2) is 8.76. The van der Waals surface area contributed by atoms with Gasteiger partial charge in [-0.2, -0.15) is 0 Å². The van der Waals surface area contributed by atoms with E-state index in [4.69, 9.17) is 9.88 Å². The van der Waals surface area contributed by atoms with Crippen LogP contribution in [-0.4, -0.2) is 54.6 Å². The molecule has 0 radical (unpaired) electrons. The average molecular weight is 476 g/mol. The van der Waals surface area contributed by atoms with Crippen LogP contribution in [0.2, 0.25) is 0 Å². The van der Waals surface area contributed by atoms with Crippen LogP contribution in [0.15, 0.2) is 47.4 Å². The predicted molar refractivity (Wildman–Crippen MR) is 110 cm³/mol. The van der Waals surface area contributed by atoms with Gasteiger partial charge in [-0.25, -0.2) is 13.6 Å². The molecule has 2 aromatic rings. The van der Waals surface area contributed by atoms with Crippen LogP contribution in [0.1, 0.15) is 27.6 Å². The highest BCUT2D eigenvalue weighted by molar-refractivity contribution is 7.89. The molecule has 2 aromatic carbocycles. The number of primary sulfonamides is 1. The zero-order valence-corrected chi connectivity index (χ0v) is 17.7. The molecule has 13 nitrogen and oxygen atoms in total. The van der Waals surface area contributed by atoms with Crippen molar-refractivity contribution >= 4 is 45.1 Å². The number of fused-ring (bicyclic) bond motifs is 1. The Bertz CT molecular complexity index is 1290. The molecule has 1 heterocycles. The molecule has 0 aromatic heterocycles. The number of carbonyl (C=O) groups is 4. The first-order valence-electron chi connectivity index (χ1n) is 9.17. The number of esters is 1. The second-order valence-corrected chi connectivity index (χ2v) is 8.41. The summed E-state index contributed by atoms with van der Waals surface area (Å²) in [6.07, 6.45) is -1.35. The first-order valence-corrected chi connectivity index (χ1v) is 10.7. The largest absolute Gasteiger partial charge is 0.451 e. The SMILES string of the molecule is CC(OC(=O)CN1C(=O)c2cccc([N+](=O)[O-])c2C1=O)C(=O)Nc1ccc(S(N)(=O)=O)cc1. The first-order chi connectivity index (χ1) is 15.4. The van der Waals surface area contributed by atoms with Crippen LogP contribution in [0.4, 0.5) is 11.4 Å². The molecule has 0 spiro atoms. The number of sulfonamides is 1. The smallest absolute Gasteiger partial charge is 0.326 e. The maximum Gasteiger partial charge on any atom is 0.326 e. The van der Waals surface area contributed by atoms with Gasteiger partial charge in [-0.3, -0.25) is 34.2 Å². The minimum absolute atomic E-state index is 0.166. The lowest BCUT2D eigenvalue weighted by atomic mass is 10.1. The lowest BCUT2D eigenvalue weighted by Crippen LogP contribution is -2.38. The fraction of sp³-hybridized carbons (Fsp3) is 0.158. The van der Waals surface area contributed by atoms with E-state index in [9.17, 15) is 37.7 Å². The van der Waals surface area contributed by atoms with Gasteiger partial charge in [-0.05, 0) is 37.3 Å². The third-order valence-corrected chi connectivity index (χ3v) is 5.52. The standard InChI is InChI=1S/C19H16N4O9S/c1-10(17(25)21-11-5-7-12(8-6-11)33(20,30)31)32-15(24)9-22-18(26)13-3-2-4-14(23(28)29)16(13)19(22)27/h2-8,10H,9H2,1H3,(H,21,25)(H2,20,30,31). The Kier molecular flexibility index (Phi) is 6.23. The van der Waals surface area contributed by atoms with Gasteiger partial charge < -0.3 is 10.1 Å². The number of hydrogen-bond acceptors (Lipinski definition) is 9. The molecular formula is C19H16N4O9S. The highest BCUT2D eigenvalue weighted by Gasteiger charge is 2.42. The van der Waals surface area contributed by atoms with E-state index in [1.54, 1.807) is 0 Å². The number of nitrogens with two attached hydrogens (primary N) is 1. The van der Waals surface area contributed by atoms with Crippen molar-refractivity contribution in [2.75, 3.05) is 11.9 Å². The number of imide groups is 1. The van der Waals surface area contributed by atoms with E-state index in [-0.39, 0.29) is 16.1 Å². The van der Waals surface area contributed by atoms with Crippen molar-refractivity contribution in [3.05, 3.63) is 63.7 Å². The van der Waals surface area contributed by atoms with Crippen LogP contribution in [0.5, 0.6) is 0 Å². The van der Waals surface area contributed by atoms with Crippen LogP contribution in [0.3, 0.4) is 0 Å². The van der Waals surface area contributed by atoms with E-state index in [2.05, 4.69) is 5.32 Å². The van der Waals surface area contributed by atoms with Gasteiger partial charge >= 0.3 is 5.97 Å². The Hall–Kier alpha value is -4.17. The molecule has 33 heavy (non-hydrogen) atoms. The summed E-state index contributed by atoms with van der Waals surface area (Å²) >= 11 is 0. The molecule has 1 atom stereocenters. The molecule has 1 aliphatic rings. The van der Waals surface area contributed by atoms with Gasteiger partial charge in [0.1, 0.15) is 12.1 Å². The second-order valence-electron chi connectivity index (χ2n) is 6.84. The summed E-state index contributed by atoms with van der Waals surface area (Å²) in [5, 5.41) is 18.5. The normalized spacial score (nSPS) is 13.9. The summed E-state index contributed by atoms with van der Waals surface area (Å²) < 4.78 is 27.5. The fourth-order valence-electron chi connectivity index (χ4n) is 3.00. The molecule has 0 bridgehead atoms. The zero-order valence-electron chi connectivity index (χ0n) is 16.9. The Morgan fingerprint density at radius 1 is 1.15 bits per heavy atom. The van der Waals surface area contributed by atoms with E-state index < -0.39 is 62.5 Å². The summed E-state index contributed by atoms with van der Waals surface area (Å²) in [4.78, 5) is 60.0.